The number of methoxy groups -OCH3 is 1. The van der Waals surface area contributed by atoms with Gasteiger partial charge in [0.1, 0.15) is 5.75 Å². The highest BCUT2D eigenvalue weighted by molar-refractivity contribution is 7.80. The van der Waals surface area contributed by atoms with Crippen LogP contribution in [0.3, 0.4) is 0 Å². The number of benzene rings is 2. The van der Waals surface area contributed by atoms with Crippen LogP contribution in [-0.4, -0.2) is 21.8 Å². The molecule has 0 unspecified atom stereocenters. The first-order valence-electron chi connectivity index (χ1n) is 12.4. The number of hydrogen-bond donors (Lipinski definition) is 1. The molecule has 5 nitrogen and oxygen atoms in total. The lowest BCUT2D eigenvalue weighted by molar-refractivity contribution is 0.415. The summed E-state index contributed by atoms with van der Waals surface area (Å²) in [6, 6.07) is 22.8. The van der Waals surface area contributed by atoms with Crippen LogP contribution in [0.25, 0.3) is 5.69 Å². The van der Waals surface area contributed by atoms with Crippen LogP contribution in [0.1, 0.15) is 52.8 Å². The van der Waals surface area contributed by atoms with Gasteiger partial charge in [0.25, 0.3) is 0 Å². The fraction of sp³-hybridized carbons (Fsp3) is 0.267. The molecule has 0 radical (unpaired) electrons. The van der Waals surface area contributed by atoms with Crippen molar-refractivity contribution in [2.24, 2.45) is 0 Å². The van der Waals surface area contributed by atoms with Gasteiger partial charge in [-0.25, -0.2) is 0 Å². The minimum Gasteiger partial charge on any atom is -0.497 e. The smallest absolute Gasteiger partial charge is 0.174 e. The van der Waals surface area contributed by atoms with E-state index in [1.54, 1.807) is 7.11 Å². The minimum absolute atomic E-state index is 0.0754. The molecule has 3 heterocycles. The molecule has 1 fully saturated rings. The number of aryl methyl sites for hydroxylation is 3. The van der Waals surface area contributed by atoms with Crippen LogP contribution in [0.5, 0.6) is 5.75 Å². The van der Waals surface area contributed by atoms with Crippen LogP contribution < -0.4 is 15.0 Å². The Morgan fingerprint density at radius 2 is 1.81 bits per heavy atom. The third kappa shape index (κ3) is 4.05. The van der Waals surface area contributed by atoms with Gasteiger partial charge in [0.2, 0.25) is 0 Å². The lowest BCUT2D eigenvalue weighted by Gasteiger charge is -2.28. The third-order valence-corrected chi connectivity index (χ3v) is 7.46. The molecule has 1 N–H and O–H groups in total. The molecule has 0 aliphatic carbocycles. The summed E-state index contributed by atoms with van der Waals surface area (Å²) >= 11 is 5.93. The van der Waals surface area contributed by atoms with E-state index in [1.165, 1.54) is 33.8 Å². The fourth-order valence-electron chi connectivity index (χ4n) is 5.47. The molecule has 36 heavy (non-hydrogen) atoms. The zero-order valence-electron chi connectivity index (χ0n) is 21.4. The predicted octanol–water partition coefficient (Wildman–Crippen LogP) is 6.55. The first-order valence-corrected chi connectivity index (χ1v) is 12.8. The Balaban J connectivity index is 1.71. The van der Waals surface area contributed by atoms with Crippen LogP contribution in [0, 0.1) is 20.8 Å². The van der Waals surface area contributed by atoms with Crippen LogP contribution in [-0.2, 0) is 6.42 Å². The average Bonchev–Trinajstić information content (AvgIpc) is 3.39. The van der Waals surface area contributed by atoms with Crippen molar-refractivity contribution in [3.63, 3.8) is 0 Å². The molecule has 1 aliphatic rings. The van der Waals surface area contributed by atoms with Gasteiger partial charge >= 0.3 is 0 Å². The highest BCUT2D eigenvalue weighted by Gasteiger charge is 2.42. The zero-order chi connectivity index (χ0) is 25.4. The van der Waals surface area contributed by atoms with Gasteiger partial charge in [-0.3, -0.25) is 4.98 Å². The number of ether oxygens (including phenoxy) is 1. The fourth-order valence-corrected chi connectivity index (χ4v) is 5.81. The Labute approximate surface area is 218 Å². The molecule has 2 aromatic heterocycles. The molecule has 4 aromatic rings. The SMILES string of the molecule is CCc1cccc(C)c1-n1c(C)cc([C@H]2[C@H](c3ccccn3)NC(=S)N2c2cccc(OC)c2)c1C. The van der Waals surface area contributed by atoms with Crippen molar-refractivity contribution in [2.75, 3.05) is 12.0 Å². The van der Waals surface area contributed by atoms with Gasteiger partial charge in [-0.1, -0.05) is 37.3 Å². The monoisotopic (exact) mass is 496 g/mol. The Bertz CT molecular complexity index is 1410. The number of thiocarbonyl (C=S) groups is 1. The van der Waals surface area contributed by atoms with Crippen molar-refractivity contribution in [1.82, 2.24) is 14.9 Å². The highest BCUT2D eigenvalue weighted by Crippen LogP contribution is 2.44. The van der Waals surface area contributed by atoms with Crippen molar-refractivity contribution in [3.8, 4) is 11.4 Å². The number of aromatic nitrogens is 2. The first-order chi connectivity index (χ1) is 17.4. The molecular formula is C30H32N4OS. The summed E-state index contributed by atoms with van der Waals surface area (Å²) in [5, 5.41) is 4.26. The molecule has 0 saturated carbocycles. The topological polar surface area (TPSA) is 42.3 Å². The zero-order valence-corrected chi connectivity index (χ0v) is 22.3. The number of nitrogens with one attached hydrogen (secondary N) is 1. The molecule has 0 amide bonds. The highest BCUT2D eigenvalue weighted by atomic mass is 32.1. The van der Waals surface area contributed by atoms with Gasteiger partial charge in [-0.05, 0) is 86.4 Å². The van der Waals surface area contributed by atoms with E-state index in [9.17, 15) is 0 Å². The molecule has 5 rings (SSSR count). The molecule has 2 atom stereocenters. The maximum atomic E-state index is 5.93. The lowest BCUT2D eigenvalue weighted by Crippen LogP contribution is -2.29. The van der Waals surface area contributed by atoms with E-state index >= 15 is 0 Å². The predicted molar refractivity (Wildman–Crippen MR) is 150 cm³/mol. The van der Waals surface area contributed by atoms with Gasteiger partial charge in [-0.15, -0.1) is 0 Å². The Morgan fingerprint density at radius 3 is 2.53 bits per heavy atom. The van der Waals surface area contributed by atoms with Crippen molar-refractivity contribution < 1.29 is 4.74 Å². The second-order valence-electron chi connectivity index (χ2n) is 9.30. The molecule has 6 heteroatoms. The number of anilines is 1. The number of rotatable bonds is 6. The molecule has 184 valence electrons. The molecule has 2 aromatic carbocycles. The van der Waals surface area contributed by atoms with Crippen LogP contribution >= 0.6 is 12.2 Å². The normalized spacial score (nSPS) is 17.4. The van der Waals surface area contributed by atoms with Crippen molar-refractivity contribution in [1.29, 1.82) is 0 Å². The molecule has 1 saturated heterocycles. The quantitative estimate of drug-likeness (QED) is 0.307. The van der Waals surface area contributed by atoms with E-state index in [0.717, 1.165) is 23.6 Å². The molecule has 0 spiro atoms. The Kier molecular flexibility index (Phi) is 6.54. The van der Waals surface area contributed by atoms with Crippen LogP contribution in [0.2, 0.25) is 0 Å². The van der Waals surface area contributed by atoms with E-state index in [2.05, 4.69) is 78.9 Å². The maximum absolute atomic E-state index is 5.93. The van der Waals surface area contributed by atoms with Crippen molar-refractivity contribution in [2.45, 2.75) is 46.2 Å². The van der Waals surface area contributed by atoms with E-state index < -0.39 is 0 Å². The second-order valence-corrected chi connectivity index (χ2v) is 9.68. The molecule has 0 bridgehead atoms. The second kappa shape index (κ2) is 9.78. The van der Waals surface area contributed by atoms with Crippen LogP contribution in [0.15, 0.2) is 72.9 Å². The van der Waals surface area contributed by atoms with Crippen molar-refractivity contribution in [3.05, 3.63) is 107 Å². The van der Waals surface area contributed by atoms with E-state index in [-0.39, 0.29) is 12.1 Å². The molecular weight excluding hydrogens is 464 g/mol. The van der Waals surface area contributed by atoms with Gasteiger partial charge in [0, 0.05) is 29.3 Å². The van der Waals surface area contributed by atoms with Gasteiger partial charge < -0.3 is 19.5 Å². The summed E-state index contributed by atoms with van der Waals surface area (Å²) in [4.78, 5) is 6.92. The summed E-state index contributed by atoms with van der Waals surface area (Å²) in [5.74, 6) is 0.799. The summed E-state index contributed by atoms with van der Waals surface area (Å²) < 4.78 is 7.95. The van der Waals surface area contributed by atoms with Crippen molar-refractivity contribution >= 4 is 23.0 Å². The maximum Gasteiger partial charge on any atom is 0.174 e. The summed E-state index contributed by atoms with van der Waals surface area (Å²) in [5.41, 5.74) is 9.48. The number of hydrogen-bond acceptors (Lipinski definition) is 3. The van der Waals surface area contributed by atoms with Crippen LogP contribution in [0.4, 0.5) is 5.69 Å². The number of para-hydroxylation sites is 1. The standard InChI is InChI=1S/C30H32N4OS/c1-6-22-12-9-11-19(2)28(22)33-20(3)17-25(21(33)4)29-27(26-15-7-8-16-31-26)32-30(36)34(29)23-13-10-14-24(18-23)35-5/h7-18,27,29H,6H2,1-5H3,(H,32,36)/t27-,29-/m0/s1. The number of pyridine rings is 1. The molecule has 1 aliphatic heterocycles. The largest absolute Gasteiger partial charge is 0.497 e. The summed E-state index contributed by atoms with van der Waals surface area (Å²) in [7, 11) is 1.69. The summed E-state index contributed by atoms with van der Waals surface area (Å²) in [6.45, 7) is 8.82. The van der Waals surface area contributed by atoms with Gasteiger partial charge in [-0.2, -0.15) is 0 Å². The lowest BCUT2D eigenvalue weighted by atomic mass is 9.96. The Morgan fingerprint density at radius 1 is 1.00 bits per heavy atom. The van der Waals surface area contributed by atoms with E-state index in [1.807, 2.05) is 36.5 Å². The number of nitrogens with zero attached hydrogens (tertiary/aromatic N) is 3. The van der Waals surface area contributed by atoms with Gasteiger partial charge in [0.15, 0.2) is 5.11 Å². The minimum atomic E-state index is -0.0960. The van der Waals surface area contributed by atoms with Gasteiger partial charge in [0.05, 0.1) is 30.6 Å². The van der Waals surface area contributed by atoms with E-state index in [0.29, 0.717) is 5.11 Å². The summed E-state index contributed by atoms with van der Waals surface area (Å²) in [6.07, 6.45) is 2.82. The first kappa shape index (κ1) is 24.1. The third-order valence-electron chi connectivity index (χ3n) is 7.14. The average molecular weight is 497 g/mol. The Hall–Kier alpha value is -3.64. The van der Waals surface area contributed by atoms with E-state index in [4.69, 9.17) is 21.9 Å².